The number of nitrogens with one attached hydrogen (secondary N) is 1. The maximum Gasteiger partial charge on any atom is 0.345 e. The lowest BCUT2D eigenvalue weighted by Gasteiger charge is -2.22. The zero-order chi connectivity index (χ0) is 18.9. The number of methoxy groups -OCH3 is 1. The van der Waals surface area contributed by atoms with Gasteiger partial charge in [-0.15, -0.1) is 0 Å². The van der Waals surface area contributed by atoms with E-state index in [-0.39, 0.29) is 26.3 Å². The van der Waals surface area contributed by atoms with Gasteiger partial charge in [0.1, 0.15) is 5.75 Å². The Bertz CT molecular complexity index is 652. The maximum absolute atomic E-state index is 12.1. The molecular weight excluding hydrogens is 356 g/mol. The SMILES string of the molecule is COc1ccc2[nH]cc(CCN(CCOC(F)F)CCOC(F)F)c2c1. The van der Waals surface area contributed by atoms with Crippen molar-refractivity contribution in [3.8, 4) is 5.75 Å². The van der Waals surface area contributed by atoms with Crippen LogP contribution in [-0.4, -0.2) is 63.1 Å². The Morgan fingerprint density at radius 2 is 1.65 bits per heavy atom. The summed E-state index contributed by atoms with van der Waals surface area (Å²) in [6.45, 7) is -5.19. The van der Waals surface area contributed by atoms with Crippen LogP contribution < -0.4 is 4.74 Å². The fraction of sp³-hybridized carbons (Fsp3) is 0.529. The highest BCUT2D eigenvalue weighted by atomic mass is 19.3. The van der Waals surface area contributed by atoms with Gasteiger partial charge in [0.05, 0.1) is 20.3 Å². The molecule has 2 aromatic rings. The molecule has 0 radical (unpaired) electrons. The molecule has 1 N–H and O–H groups in total. The summed E-state index contributed by atoms with van der Waals surface area (Å²) in [5, 5.41) is 0.997. The molecule has 146 valence electrons. The predicted octanol–water partition coefficient (Wildman–Crippen LogP) is 3.50. The average Bonchev–Trinajstić information content (AvgIpc) is 3.00. The van der Waals surface area contributed by atoms with Crippen molar-refractivity contribution in [1.82, 2.24) is 9.88 Å². The minimum absolute atomic E-state index is 0.186. The van der Waals surface area contributed by atoms with Crippen LogP contribution in [-0.2, 0) is 15.9 Å². The van der Waals surface area contributed by atoms with Gasteiger partial charge in [-0.2, -0.15) is 17.6 Å². The molecular formula is C17H22F4N2O3. The zero-order valence-corrected chi connectivity index (χ0v) is 14.4. The first-order chi connectivity index (χ1) is 12.5. The van der Waals surface area contributed by atoms with Gasteiger partial charge in [0.15, 0.2) is 0 Å². The molecule has 0 saturated heterocycles. The van der Waals surface area contributed by atoms with E-state index in [0.717, 1.165) is 22.2 Å². The third kappa shape index (κ3) is 6.47. The zero-order valence-electron chi connectivity index (χ0n) is 14.4. The summed E-state index contributed by atoms with van der Waals surface area (Å²) in [7, 11) is 1.58. The molecule has 0 unspecified atom stereocenters. The number of rotatable bonds is 12. The van der Waals surface area contributed by atoms with Crippen molar-refractivity contribution in [2.75, 3.05) is 40.0 Å². The van der Waals surface area contributed by atoms with Crippen molar-refractivity contribution in [2.24, 2.45) is 0 Å². The first kappa shape index (κ1) is 20.5. The van der Waals surface area contributed by atoms with Gasteiger partial charge in [-0.1, -0.05) is 0 Å². The Morgan fingerprint density at radius 1 is 1.00 bits per heavy atom. The lowest BCUT2D eigenvalue weighted by molar-refractivity contribution is -0.139. The van der Waals surface area contributed by atoms with Gasteiger partial charge in [-0.25, -0.2) is 0 Å². The van der Waals surface area contributed by atoms with Gasteiger partial charge >= 0.3 is 13.2 Å². The van der Waals surface area contributed by atoms with Crippen LogP contribution in [0.3, 0.4) is 0 Å². The fourth-order valence-electron chi connectivity index (χ4n) is 2.65. The second-order valence-corrected chi connectivity index (χ2v) is 5.58. The highest BCUT2D eigenvalue weighted by Crippen LogP contribution is 2.24. The normalized spacial score (nSPS) is 12.0. The summed E-state index contributed by atoms with van der Waals surface area (Å²) in [6, 6.07) is 5.66. The number of benzene rings is 1. The van der Waals surface area contributed by atoms with Crippen LogP contribution in [0.1, 0.15) is 5.56 Å². The second-order valence-electron chi connectivity index (χ2n) is 5.58. The highest BCUT2D eigenvalue weighted by Gasteiger charge is 2.12. The van der Waals surface area contributed by atoms with Gasteiger partial charge in [-0.05, 0) is 30.2 Å². The fourth-order valence-corrected chi connectivity index (χ4v) is 2.65. The Morgan fingerprint density at radius 3 is 2.23 bits per heavy atom. The number of fused-ring (bicyclic) bond motifs is 1. The monoisotopic (exact) mass is 378 g/mol. The molecule has 0 spiro atoms. The van der Waals surface area contributed by atoms with Crippen LogP contribution in [0.4, 0.5) is 17.6 Å². The van der Waals surface area contributed by atoms with Crippen LogP contribution in [0.15, 0.2) is 24.4 Å². The van der Waals surface area contributed by atoms with Crippen molar-refractivity contribution in [2.45, 2.75) is 19.6 Å². The molecule has 26 heavy (non-hydrogen) atoms. The second kappa shape index (κ2) is 10.3. The predicted molar refractivity (Wildman–Crippen MR) is 88.9 cm³/mol. The van der Waals surface area contributed by atoms with E-state index in [4.69, 9.17) is 4.74 Å². The Hall–Kier alpha value is -1.84. The molecule has 0 bridgehead atoms. The molecule has 0 aliphatic heterocycles. The number of ether oxygens (including phenoxy) is 3. The molecule has 1 aromatic heterocycles. The Balaban J connectivity index is 1.95. The number of hydrogen-bond acceptors (Lipinski definition) is 4. The minimum atomic E-state index is -2.85. The van der Waals surface area contributed by atoms with E-state index in [1.54, 1.807) is 12.0 Å². The summed E-state index contributed by atoms with van der Waals surface area (Å²) in [6.07, 6.45) is 2.48. The van der Waals surface area contributed by atoms with Crippen LogP contribution >= 0.6 is 0 Å². The van der Waals surface area contributed by atoms with Crippen LogP contribution in [0.25, 0.3) is 10.9 Å². The number of nitrogens with zero attached hydrogens (tertiary/aromatic N) is 1. The summed E-state index contributed by atoms with van der Waals surface area (Å²) >= 11 is 0. The van der Waals surface area contributed by atoms with Crippen LogP contribution in [0.2, 0.25) is 0 Å². The van der Waals surface area contributed by atoms with E-state index in [9.17, 15) is 17.6 Å². The smallest absolute Gasteiger partial charge is 0.345 e. The highest BCUT2D eigenvalue weighted by molar-refractivity contribution is 5.84. The molecule has 5 nitrogen and oxygen atoms in total. The van der Waals surface area contributed by atoms with E-state index in [0.29, 0.717) is 13.0 Å². The van der Waals surface area contributed by atoms with Crippen LogP contribution in [0.5, 0.6) is 5.75 Å². The largest absolute Gasteiger partial charge is 0.497 e. The summed E-state index contributed by atoms with van der Waals surface area (Å²) in [4.78, 5) is 4.91. The van der Waals surface area contributed by atoms with Crippen molar-refractivity contribution in [3.63, 3.8) is 0 Å². The van der Waals surface area contributed by atoms with Gasteiger partial charge in [0.25, 0.3) is 0 Å². The number of alkyl halides is 4. The molecule has 0 aliphatic rings. The van der Waals surface area contributed by atoms with E-state index in [1.165, 1.54) is 0 Å². The third-order valence-corrected chi connectivity index (χ3v) is 3.97. The van der Waals surface area contributed by atoms with Crippen molar-refractivity contribution in [3.05, 3.63) is 30.0 Å². The van der Waals surface area contributed by atoms with Gasteiger partial charge in [-0.3, -0.25) is 4.90 Å². The van der Waals surface area contributed by atoms with E-state index >= 15 is 0 Å². The Labute approximate surface area is 148 Å². The summed E-state index contributed by atoms with van der Waals surface area (Å²) in [5.41, 5.74) is 1.97. The third-order valence-electron chi connectivity index (χ3n) is 3.97. The first-order valence-corrected chi connectivity index (χ1v) is 8.15. The van der Waals surface area contributed by atoms with E-state index in [2.05, 4.69) is 14.5 Å². The quantitative estimate of drug-likeness (QED) is 0.575. The van der Waals surface area contributed by atoms with Crippen molar-refractivity contribution < 1.29 is 31.8 Å². The molecule has 0 fully saturated rings. The topological polar surface area (TPSA) is 46.7 Å². The van der Waals surface area contributed by atoms with Crippen LogP contribution in [0, 0.1) is 0 Å². The van der Waals surface area contributed by atoms with Gasteiger partial charge in [0.2, 0.25) is 0 Å². The molecule has 9 heteroatoms. The molecule has 0 atom stereocenters. The molecule has 2 rings (SSSR count). The van der Waals surface area contributed by atoms with Crippen molar-refractivity contribution >= 4 is 10.9 Å². The maximum atomic E-state index is 12.1. The summed E-state index contributed by atoms with van der Waals surface area (Å²) < 4.78 is 62.2. The van der Waals surface area contributed by atoms with Gasteiger partial charge < -0.3 is 19.2 Å². The van der Waals surface area contributed by atoms with Crippen molar-refractivity contribution in [1.29, 1.82) is 0 Å². The lowest BCUT2D eigenvalue weighted by atomic mass is 10.1. The number of hydrogen-bond donors (Lipinski definition) is 1. The Kier molecular flexibility index (Phi) is 8.14. The standard InChI is InChI=1S/C17H22F4N2O3/c1-24-13-2-3-15-14(10-13)12(11-22-15)4-5-23(6-8-25-16(18)19)7-9-26-17(20)21/h2-3,10-11,16-17,22H,4-9H2,1H3. The molecule has 1 heterocycles. The number of aromatic amines is 1. The lowest BCUT2D eigenvalue weighted by Crippen LogP contribution is -2.33. The average molecular weight is 378 g/mol. The van der Waals surface area contributed by atoms with E-state index in [1.807, 2.05) is 24.4 Å². The van der Waals surface area contributed by atoms with E-state index < -0.39 is 13.2 Å². The molecule has 0 aliphatic carbocycles. The van der Waals surface area contributed by atoms with Gasteiger partial charge in [0, 0.05) is 36.7 Å². The molecule has 0 saturated carbocycles. The first-order valence-electron chi connectivity index (χ1n) is 8.15. The molecule has 1 aromatic carbocycles. The number of aromatic nitrogens is 1. The summed E-state index contributed by atoms with van der Waals surface area (Å²) in [5.74, 6) is 0.728. The number of H-pyrrole nitrogens is 1. The minimum Gasteiger partial charge on any atom is -0.497 e. The number of halogens is 4. The molecule has 0 amide bonds.